The average molecular weight is 485 g/mol. The van der Waals surface area contributed by atoms with Crippen LogP contribution >= 0.6 is 11.3 Å². The van der Waals surface area contributed by atoms with E-state index in [2.05, 4.69) is 44.7 Å². The Morgan fingerprint density at radius 1 is 0.971 bits per heavy atom. The van der Waals surface area contributed by atoms with Crippen LogP contribution in [-0.4, -0.2) is 29.2 Å². The number of rotatable bonds is 6. The molecule has 0 fully saturated rings. The SMILES string of the molecule is Cc1cc2c(N[C@H](C)c3ccc(-c4ccccc4CN(C)C)s3)nnc(C(F)(F)F)c2cc1C. The summed E-state index contributed by atoms with van der Waals surface area (Å²) in [4.78, 5) is 4.35. The van der Waals surface area contributed by atoms with Crippen molar-refractivity contribution in [2.24, 2.45) is 0 Å². The standard InChI is InChI=1S/C26H27F3N4S/c1-15-12-20-21(13-16(15)2)25(32-31-24(20)26(27,28)29)30-17(3)22-10-11-23(34-22)19-9-7-6-8-18(19)14-33(4)5/h6-13,17H,14H2,1-5H3,(H,30,32)/t17-/m1/s1. The van der Waals surface area contributed by atoms with Gasteiger partial charge in [-0.3, -0.25) is 0 Å². The van der Waals surface area contributed by atoms with Gasteiger partial charge < -0.3 is 10.2 Å². The fourth-order valence-electron chi connectivity index (χ4n) is 3.98. The van der Waals surface area contributed by atoms with Crippen molar-refractivity contribution in [1.82, 2.24) is 15.1 Å². The molecule has 0 aliphatic rings. The van der Waals surface area contributed by atoms with Crippen LogP contribution in [0.2, 0.25) is 0 Å². The number of anilines is 1. The lowest BCUT2D eigenvalue weighted by Crippen LogP contribution is -2.14. The molecule has 34 heavy (non-hydrogen) atoms. The molecule has 2 aromatic carbocycles. The van der Waals surface area contributed by atoms with Crippen LogP contribution in [0.5, 0.6) is 0 Å². The summed E-state index contributed by atoms with van der Waals surface area (Å²) in [6, 6.07) is 15.6. The van der Waals surface area contributed by atoms with Gasteiger partial charge in [0.2, 0.25) is 0 Å². The van der Waals surface area contributed by atoms with Gasteiger partial charge in [0.15, 0.2) is 11.5 Å². The van der Waals surface area contributed by atoms with Crippen LogP contribution in [0.1, 0.15) is 40.2 Å². The Labute approximate surface area is 201 Å². The molecule has 8 heteroatoms. The van der Waals surface area contributed by atoms with Gasteiger partial charge in [-0.1, -0.05) is 24.3 Å². The molecular formula is C26H27F3N4S. The third-order valence-corrected chi connectivity index (χ3v) is 7.14. The molecule has 0 amide bonds. The fourth-order valence-corrected chi connectivity index (χ4v) is 5.05. The molecular weight excluding hydrogens is 457 g/mol. The molecule has 0 spiro atoms. The molecule has 0 aliphatic carbocycles. The number of alkyl halides is 3. The van der Waals surface area contributed by atoms with Crippen LogP contribution in [0, 0.1) is 13.8 Å². The van der Waals surface area contributed by atoms with Crippen LogP contribution in [0.25, 0.3) is 21.2 Å². The van der Waals surface area contributed by atoms with E-state index in [1.54, 1.807) is 30.4 Å². The molecule has 2 heterocycles. The van der Waals surface area contributed by atoms with Gasteiger partial charge in [-0.2, -0.15) is 13.2 Å². The third-order valence-electron chi connectivity index (χ3n) is 5.84. The Kier molecular flexibility index (Phi) is 6.64. The minimum atomic E-state index is -4.57. The molecule has 1 atom stereocenters. The number of aromatic nitrogens is 2. The lowest BCUT2D eigenvalue weighted by molar-refractivity contribution is -0.140. The smallest absolute Gasteiger partial charge is 0.361 e. The van der Waals surface area contributed by atoms with Crippen molar-refractivity contribution in [3.8, 4) is 10.4 Å². The zero-order chi connectivity index (χ0) is 24.6. The van der Waals surface area contributed by atoms with Crippen LogP contribution in [0.3, 0.4) is 0 Å². The lowest BCUT2D eigenvalue weighted by Gasteiger charge is -2.17. The minimum Gasteiger partial charge on any atom is -0.361 e. The first-order valence-corrected chi connectivity index (χ1v) is 11.8. The second-order valence-electron chi connectivity index (χ2n) is 8.84. The van der Waals surface area contributed by atoms with Gasteiger partial charge in [0.25, 0.3) is 0 Å². The normalized spacial score (nSPS) is 13.0. The Balaban J connectivity index is 1.67. The highest BCUT2D eigenvalue weighted by atomic mass is 32.1. The first-order chi connectivity index (χ1) is 16.0. The van der Waals surface area contributed by atoms with E-state index in [0.717, 1.165) is 27.4 Å². The lowest BCUT2D eigenvalue weighted by atomic mass is 10.0. The topological polar surface area (TPSA) is 41.0 Å². The highest BCUT2D eigenvalue weighted by Crippen LogP contribution is 2.38. The van der Waals surface area contributed by atoms with E-state index >= 15 is 0 Å². The number of benzene rings is 2. The maximum absolute atomic E-state index is 13.6. The first-order valence-electron chi connectivity index (χ1n) is 11.0. The van der Waals surface area contributed by atoms with Gasteiger partial charge >= 0.3 is 6.18 Å². The summed E-state index contributed by atoms with van der Waals surface area (Å²) in [5.74, 6) is 0.349. The molecule has 4 aromatic rings. The van der Waals surface area contributed by atoms with Gasteiger partial charge in [-0.25, -0.2) is 0 Å². The summed E-state index contributed by atoms with van der Waals surface area (Å²) >= 11 is 1.66. The van der Waals surface area contributed by atoms with Crippen LogP contribution in [0.4, 0.5) is 19.0 Å². The second kappa shape index (κ2) is 9.35. The summed E-state index contributed by atoms with van der Waals surface area (Å²) in [5, 5.41) is 11.3. The highest BCUT2D eigenvalue weighted by molar-refractivity contribution is 7.15. The van der Waals surface area contributed by atoms with E-state index in [1.807, 2.05) is 40.1 Å². The van der Waals surface area contributed by atoms with Crippen molar-refractivity contribution < 1.29 is 13.2 Å². The molecule has 178 valence electrons. The Morgan fingerprint density at radius 2 is 1.65 bits per heavy atom. The van der Waals surface area contributed by atoms with Crippen LogP contribution in [0.15, 0.2) is 48.5 Å². The van der Waals surface area contributed by atoms with E-state index < -0.39 is 11.9 Å². The van der Waals surface area contributed by atoms with Gasteiger partial charge in [-0.15, -0.1) is 21.5 Å². The van der Waals surface area contributed by atoms with E-state index in [-0.39, 0.29) is 11.4 Å². The van der Waals surface area contributed by atoms with Crippen LogP contribution in [-0.2, 0) is 12.7 Å². The number of hydrogen-bond acceptors (Lipinski definition) is 5. The molecule has 0 radical (unpaired) electrons. The van der Waals surface area contributed by atoms with Crippen molar-refractivity contribution in [2.75, 3.05) is 19.4 Å². The predicted molar refractivity (Wildman–Crippen MR) is 133 cm³/mol. The molecule has 0 bridgehead atoms. The third kappa shape index (κ3) is 4.93. The van der Waals surface area contributed by atoms with Crippen LogP contribution < -0.4 is 5.32 Å². The summed E-state index contributed by atoms with van der Waals surface area (Å²) in [6.07, 6.45) is -4.57. The summed E-state index contributed by atoms with van der Waals surface area (Å²) in [7, 11) is 4.09. The Hall–Kier alpha value is -2.97. The summed E-state index contributed by atoms with van der Waals surface area (Å²) < 4.78 is 40.7. The number of nitrogens with zero attached hydrogens (tertiary/aromatic N) is 3. The number of fused-ring (bicyclic) bond motifs is 1. The largest absolute Gasteiger partial charge is 0.435 e. The minimum absolute atomic E-state index is 0.0600. The highest BCUT2D eigenvalue weighted by Gasteiger charge is 2.36. The quantitative estimate of drug-likeness (QED) is 0.313. The van der Waals surface area contributed by atoms with Crippen molar-refractivity contribution >= 4 is 27.9 Å². The average Bonchev–Trinajstić information content (AvgIpc) is 3.24. The first kappa shape index (κ1) is 24.2. The van der Waals surface area contributed by atoms with Crippen molar-refractivity contribution in [2.45, 2.75) is 39.5 Å². The molecule has 1 N–H and O–H groups in total. The number of halogens is 3. The Bertz CT molecular complexity index is 1330. The van der Waals surface area contributed by atoms with Crippen molar-refractivity contribution in [3.05, 3.63) is 75.8 Å². The summed E-state index contributed by atoms with van der Waals surface area (Å²) in [6.45, 7) is 6.50. The van der Waals surface area contributed by atoms with E-state index in [9.17, 15) is 13.2 Å². The van der Waals surface area contributed by atoms with Gasteiger partial charge in [0.05, 0.1) is 6.04 Å². The zero-order valence-corrected chi connectivity index (χ0v) is 20.6. The maximum atomic E-state index is 13.6. The number of nitrogens with one attached hydrogen (secondary N) is 1. The molecule has 4 nitrogen and oxygen atoms in total. The number of hydrogen-bond donors (Lipinski definition) is 1. The number of aryl methyl sites for hydroxylation is 2. The van der Waals surface area contributed by atoms with Crippen molar-refractivity contribution in [3.63, 3.8) is 0 Å². The molecule has 4 rings (SSSR count). The number of thiophene rings is 1. The molecule has 0 unspecified atom stereocenters. The van der Waals surface area contributed by atoms with Gasteiger partial charge in [0, 0.05) is 27.1 Å². The zero-order valence-electron chi connectivity index (χ0n) is 19.8. The molecule has 2 aromatic heterocycles. The molecule has 0 aliphatic heterocycles. The van der Waals surface area contributed by atoms with Crippen molar-refractivity contribution in [1.29, 1.82) is 0 Å². The fraction of sp³-hybridized carbons (Fsp3) is 0.308. The maximum Gasteiger partial charge on any atom is 0.435 e. The molecule has 0 saturated heterocycles. The van der Waals surface area contributed by atoms with E-state index in [0.29, 0.717) is 11.2 Å². The monoisotopic (exact) mass is 484 g/mol. The van der Waals surface area contributed by atoms with E-state index in [4.69, 9.17) is 0 Å². The summed E-state index contributed by atoms with van der Waals surface area (Å²) in [5.41, 5.74) is 3.15. The molecule has 0 saturated carbocycles. The van der Waals surface area contributed by atoms with E-state index in [1.165, 1.54) is 11.1 Å². The Morgan fingerprint density at radius 3 is 2.32 bits per heavy atom. The van der Waals surface area contributed by atoms with Gasteiger partial charge in [-0.05, 0) is 81.4 Å². The second-order valence-corrected chi connectivity index (χ2v) is 9.96. The van der Waals surface area contributed by atoms with Gasteiger partial charge in [0.1, 0.15) is 0 Å². The predicted octanol–water partition coefficient (Wildman–Crippen LogP) is 7.23.